The number of carbonyl (C=O) groups is 2. The van der Waals surface area contributed by atoms with Crippen molar-refractivity contribution in [1.29, 1.82) is 0 Å². The van der Waals surface area contributed by atoms with Gasteiger partial charge in [0.1, 0.15) is 17.3 Å². The van der Waals surface area contributed by atoms with Crippen molar-refractivity contribution in [3.8, 4) is 0 Å². The quantitative estimate of drug-likeness (QED) is 0.743. The molecule has 0 aromatic carbocycles. The molecule has 3 saturated carbocycles. The molecule has 0 radical (unpaired) electrons. The average molecular weight is 300 g/mol. The first-order chi connectivity index (χ1) is 10.4. The fourth-order valence-corrected chi connectivity index (χ4v) is 6.06. The second-order valence-electron chi connectivity index (χ2n) is 8.25. The lowest BCUT2D eigenvalue weighted by molar-refractivity contribution is -0.151. The average Bonchev–Trinajstić information content (AvgIpc) is 2.75. The third kappa shape index (κ3) is 1.63. The summed E-state index contributed by atoms with van der Waals surface area (Å²) < 4.78 is 0. The van der Waals surface area contributed by atoms with E-state index in [-0.39, 0.29) is 23.0 Å². The molecular formula is C19H24O3. The molecule has 0 bridgehead atoms. The van der Waals surface area contributed by atoms with Crippen LogP contribution in [0.2, 0.25) is 0 Å². The van der Waals surface area contributed by atoms with Crippen molar-refractivity contribution in [3.05, 3.63) is 24.0 Å². The number of ketones is 2. The number of aliphatic hydroxyl groups excluding tert-OH is 1. The lowest BCUT2D eigenvalue weighted by Crippen LogP contribution is -2.55. The molecule has 6 atom stereocenters. The Morgan fingerprint density at radius 3 is 2.73 bits per heavy atom. The number of Topliss-reactive ketones (excluding diaryl/α,β-unsaturated/α-hetero) is 2. The van der Waals surface area contributed by atoms with Crippen LogP contribution in [0, 0.1) is 34.5 Å². The van der Waals surface area contributed by atoms with E-state index >= 15 is 0 Å². The fraction of sp³-hybridized carbons (Fsp3) is 0.684. The summed E-state index contributed by atoms with van der Waals surface area (Å²) in [6, 6.07) is 0. The topological polar surface area (TPSA) is 54.4 Å². The smallest absolute Gasteiger partial charge is 0.139 e. The molecule has 4 aliphatic rings. The second kappa shape index (κ2) is 4.33. The molecule has 3 heteroatoms. The Kier molecular flexibility index (Phi) is 2.80. The number of hydrogen-bond donors (Lipinski definition) is 1. The van der Waals surface area contributed by atoms with E-state index < -0.39 is 5.41 Å². The first-order valence-corrected chi connectivity index (χ1v) is 8.52. The molecule has 0 aromatic heterocycles. The maximum atomic E-state index is 13.0. The van der Waals surface area contributed by atoms with Crippen LogP contribution < -0.4 is 0 Å². The van der Waals surface area contributed by atoms with Gasteiger partial charge in [-0.05, 0) is 49.2 Å². The van der Waals surface area contributed by atoms with Gasteiger partial charge in [-0.1, -0.05) is 19.9 Å². The zero-order chi connectivity index (χ0) is 15.7. The van der Waals surface area contributed by atoms with Crippen LogP contribution in [-0.2, 0) is 9.59 Å². The van der Waals surface area contributed by atoms with Gasteiger partial charge in [0, 0.05) is 29.6 Å². The first-order valence-electron chi connectivity index (χ1n) is 8.52. The molecule has 4 aliphatic carbocycles. The van der Waals surface area contributed by atoms with Gasteiger partial charge in [-0.3, -0.25) is 9.59 Å². The summed E-state index contributed by atoms with van der Waals surface area (Å²) >= 11 is 0. The minimum atomic E-state index is -0.405. The molecule has 1 N–H and O–H groups in total. The molecule has 0 aliphatic heterocycles. The second-order valence-corrected chi connectivity index (χ2v) is 8.25. The van der Waals surface area contributed by atoms with Crippen molar-refractivity contribution in [2.24, 2.45) is 34.5 Å². The number of hydrogen-bond acceptors (Lipinski definition) is 3. The SMILES string of the molecule is C[C@]12C=CC(O)=C[C@H]1CC[C@H]1[C@H]2C(=O)C[C@@]2(C)C(=O)CC[C@H]12. The fourth-order valence-electron chi connectivity index (χ4n) is 6.06. The molecule has 22 heavy (non-hydrogen) atoms. The van der Waals surface area contributed by atoms with E-state index in [4.69, 9.17) is 0 Å². The highest BCUT2D eigenvalue weighted by atomic mass is 16.3. The van der Waals surface area contributed by atoms with Crippen molar-refractivity contribution in [3.63, 3.8) is 0 Å². The van der Waals surface area contributed by atoms with Crippen molar-refractivity contribution in [2.75, 3.05) is 0 Å². The number of rotatable bonds is 0. The summed E-state index contributed by atoms with van der Waals surface area (Å²) in [5, 5.41) is 9.80. The maximum Gasteiger partial charge on any atom is 0.139 e. The molecule has 118 valence electrons. The number of carbonyl (C=O) groups excluding carboxylic acids is 2. The Morgan fingerprint density at radius 2 is 1.95 bits per heavy atom. The van der Waals surface area contributed by atoms with Crippen LogP contribution in [0.15, 0.2) is 24.0 Å². The van der Waals surface area contributed by atoms with Gasteiger partial charge in [0.2, 0.25) is 0 Å². The van der Waals surface area contributed by atoms with E-state index in [9.17, 15) is 14.7 Å². The number of allylic oxidation sites excluding steroid dienone is 3. The molecule has 0 aromatic rings. The van der Waals surface area contributed by atoms with Crippen LogP contribution in [0.5, 0.6) is 0 Å². The minimum Gasteiger partial charge on any atom is -0.508 e. The van der Waals surface area contributed by atoms with Gasteiger partial charge in [0.15, 0.2) is 0 Å². The summed E-state index contributed by atoms with van der Waals surface area (Å²) in [6.07, 6.45) is 9.76. The third-order valence-corrected chi connectivity index (χ3v) is 7.24. The van der Waals surface area contributed by atoms with Crippen LogP contribution in [0.25, 0.3) is 0 Å². The van der Waals surface area contributed by atoms with Gasteiger partial charge < -0.3 is 5.11 Å². The van der Waals surface area contributed by atoms with Gasteiger partial charge in [0.25, 0.3) is 0 Å². The molecule has 3 fully saturated rings. The first kappa shape index (κ1) is 14.2. The lowest BCUT2D eigenvalue weighted by atomic mass is 9.47. The zero-order valence-corrected chi connectivity index (χ0v) is 13.3. The summed E-state index contributed by atoms with van der Waals surface area (Å²) in [5.74, 6) is 1.84. The van der Waals surface area contributed by atoms with Gasteiger partial charge in [-0.25, -0.2) is 0 Å². The van der Waals surface area contributed by atoms with E-state index in [0.29, 0.717) is 36.2 Å². The molecule has 0 amide bonds. The highest BCUT2D eigenvalue weighted by molar-refractivity contribution is 5.95. The molecule has 0 heterocycles. The van der Waals surface area contributed by atoms with E-state index in [2.05, 4.69) is 13.0 Å². The van der Waals surface area contributed by atoms with Crippen LogP contribution in [0.3, 0.4) is 0 Å². The van der Waals surface area contributed by atoms with Crippen LogP contribution in [-0.4, -0.2) is 16.7 Å². The van der Waals surface area contributed by atoms with E-state index in [1.165, 1.54) is 0 Å². The summed E-state index contributed by atoms with van der Waals surface area (Å²) in [6.45, 7) is 4.20. The Balaban J connectivity index is 1.76. The Bertz CT molecular complexity index is 616. The summed E-state index contributed by atoms with van der Waals surface area (Å²) in [5.41, 5.74) is -0.600. The lowest BCUT2D eigenvalue weighted by Gasteiger charge is -2.56. The molecule has 0 unspecified atom stereocenters. The predicted octanol–water partition coefficient (Wildman–Crippen LogP) is 3.61. The van der Waals surface area contributed by atoms with Gasteiger partial charge >= 0.3 is 0 Å². The molecule has 4 rings (SSSR count). The highest BCUT2D eigenvalue weighted by Gasteiger charge is 2.62. The summed E-state index contributed by atoms with van der Waals surface area (Å²) in [7, 11) is 0. The number of fused-ring (bicyclic) bond motifs is 5. The van der Waals surface area contributed by atoms with Crippen LogP contribution in [0.4, 0.5) is 0 Å². The normalized spacial score (nSPS) is 50.2. The van der Waals surface area contributed by atoms with Crippen molar-refractivity contribution >= 4 is 11.6 Å². The largest absolute Gasteiger partial charge is 0.508 e. The summed E-state index contributed by atoms with van der Waals surface area (Å²) in [4.78, 5) is 25.3. The molecule has 0 saturated heterocycles. The van der Waals surface area contributed by atoms with Crippen molar-refractivity contribution < 1.29 is 14.7 Å². The van der Waals surface area contributed by atoms with Gasteiger partial charge in [0.05, 0.1) is 0 Å². The molecular weight excluding hydrogens is 276 g/mol. The van der Waals surface area contributed by atoms with Crippen LogP contribution in [0.1, 0.15) is 46.0 Å². The highest BCUT2D eigenvalue weighted by Crippen LogP contribution is 2.62. The predicted molar refractivity (Wildman–Crippen MR) is 83.1 cm³/mol. The van der Waals surface area contributed by atoms with E-state index in [0.717, 1.165) is 19.3 Å². The number of aliphatic hydroxyl groups is 1. The third-order valence-electron chi connectivity index (χ3n) is 7.24. The van der Waals surface area contributed by atoms with Gasteiger partial charge in [-0.15, -0.1) is 0 Å². The monoisotopic (exact) mass is 300 g/mol. The Labute approximate surface area is 131 Å². The Morgan fingerprint density at radius 1 is 1.18 bits per heavy atom. The Hall–Kier alpha value is -1.38. The molecule has 0 spiro atoms. The van der Waals surface area contributed by atoms with E-state index in [1.54, 1.807) is 6.08 Å². The van der Waals surface area contributed by atoms with Crippen LogP contribution >= 0.6 is 0 Å². The minimum absolute atomic E-state index is 0.0100. The standard InChI is InChI=1S/C19H24O3/c1-18-8-7-12(20)9-11(18)3-4-13-14-5-6-16(22)19(14,2)10-15(21)17(13)18/h7-9,11,13-14,17,20H,3-6,10H2,1-2H3/t11-,13-,14-,17+,18+,19-/m1/s1. The van der Waals surface area contributed by atoms with Gasteiger partial charge in [-0.2, -0.15) is 0 Å². The van der Waals surface area contributed by atoms with Crippen molar-refractivity contribution in [2.45, 2.75) is 46.0 Å². The molecule has 3 nitrogen and oxygen atoms in total. The van der Waals surface area contributed by atoms with E-state index in [1.807, 2.05) is 13.0 Å². The zero-order valence-electron chi connectivity index (χ0n) is 13.3. The maximum absolute atomic E-state index is 13.0. The van der Waals surface area contributed by atoms with Crippen molar-refractivity contribution in [1.82, 2.24) is 0 Å².